The summed E-state index contributed by atoms with van der Waals surface area (Å²) >= 11 is 1.62. The summed E-state index contributed by atoms with van der Waals surface area (Å²) < 4.78 is 12.1. The second-order valence-corrected chi connectivity index (χ2v) is 7.24. The third-order valence-electron chi connectivity index (χ3n) is 3.88. The number of benzene rings is 1. The molecule has 0 saturated heterocycles. The molecule has 0 unspecified atom stereocenters. The Morgan fingerprint density at radius 1 is 1.33 bits per heavy atom. The van der Waals surface area contributed by atoms with Gasteiger partial charge in [0.1, 0.15) is 12.0 Å². The van der Waals surface area contributed by atoms with Crippen LogP contribution < -0.4 is 15.4 Å². The maximum atomic E-state index is 12.1. The number of aryl methyl sites for hydroxylation is 1. The zero-order valence-electron chi connectivity index (χ0n) is 15.2. The number of ether oxygens (including phenoxy) is 1. The van der Waals surface area contributed by atoms with Crippen molar-refractivity contribution in [3.8, 4) is 5.75 Å². The van der Waals surface area contributed by atoms with Gasteiger partial charge in [-0.25, -0.2) is 9.97 Å². The SMILES string of the molecule is CNC(=O)[C@H](C)CNC(=O)c1coc(COc2ccc3sc(C)nc3c2)n1. The monoisotopic (exact) mass is 388 g/mol. The summed E-state index contributed by atoms with van der Waals surface area (Å²) in [5, 5.41) is 6.18. The van der Waals surface area contributed by atoms with E-state index in [9.17, 15) is 9.59 Å². The van der Waals surface area contributed by atoms with Gasteiger partial charge >= 0.3 is 0 Å². The Balaban J connectivity index is 1.55. The molecule has 0 spiro atoms. The van der Waals surface area contributed by atoms with Crippen LogP contribution in [0.4, 0.5) is 0 Å². The van der Waals surface area contributed by atoms with E-state index in [0.29, 0.717) is 5.75 Å². The number of carbonyl (C=O) groups is 2. The average molecular weight is 388 g/mol. The van der Waals surface area contributed by atoms with Gasteiger partial charge < -0.3 is 19.8 Å². The molecule has 8 nitrogen and oxygen atoms in total. The fraction of sp³-hybridized carbons (Fsp3) is 0.333. The zero-order chi connectivity index (χ0) is 19.4. The minimum Gasteiger partial charge on any atom is -0.484 e. The highest BCUT2D eigenvalue weighted by atomic mass is 32.1. The Bertz CT molecular complexity index is 965. The maximum absolute atomic E-state index is 12.1. The van der Waals surface area contributed by atoms with E-state index in [1.54, 1.807) is 25.3 Å². The fourth-order valence-electron chi connectivity index (χ4n) is 2.41. The minimum atomic E-state index is -0.403. The van der Waals surface area contributed by atoms with E-state index in [4.69, 9.17) is 9.15 Å². The second-order valence-electron chi connectivity index (χ2n) is 6.00. The molecule has 27 heavy (non-hydrogen) atoms. The van der Waals surface area contributed by atoms with Gasteiger partial charge in [0, 0.05) is 19.7 Å². The summed E-state index contributed by atoms with van der Waals surface area (Å²) in [6.45, 7) is 3.99. The maximum Gasteiger partial charge on any atom is 0.273 e. The van der Waals surface area contributed by atoms with Gasteiger partial charge in [0.25, 0.3) is 5.91 Å². The summed E-state index contributed by atoms with van der Waals surface area (Å²) in [4.78, 5) is 32.1. The predicted molar refractivity (Wildman–Crippen MR) is 101 cm³/mol. The molecule has 2 amide bonds. The van der Waals surface area contributed by atoms with Crippen molar-refractivity contribution in [3.05, 3.63) is 41.1 Å². The van der Waals surface area contributed by atoms with Crippen molar-refractivity contribution >= 4 is 33.4 Å². The molecule has 3 aromatic rings. The van der Waals surface area contributed by atoms with Crippen LogP contribution in [0.1, 0.15) is 28.3 Å². The quantitative estimate of drug-likeness (QED) is 0.643. The molecule has 0 radical (unpaired) electrons. The lowest BCUT2D eigenvalue weighted by Crippen LogP contribution is -2.36. The van der Waals surface area contributed by atoms with Gasteiger partial charge in [0.2, 0.25) is 11.8 Å². The number of nitrogens with zero attached hydrogens (tertiary/aromatic N) is 2. The smallest absolute Gasteiger partial charge is 0.273 e. The van der Waals surface area contributed by atoms with E-state index in [2.05, 4.69) is 20.6 Å². The number of fused-ring (bicyclic) bond motifs is 1. The Kier molecular flexibility index (Phi) is 5.70. The molecule has 142 valence electrons. The molecular formula is C18H20N4O4S. The van der Waals surface area contributed by atoms with Gasteiger partial charge in [-0.1, -0.05) is 6.92 Å². The number of oxazole rings is 1. The van der Waals surface area contributed by atoms with Crippen LogP contribution in [0.2, 0.25) is 0 Å². The number of hydrogen-bond donors (Lipinski definition) is 2. The third-order valence-corrected chi connectivity index (χ3v) is 4.83. The zero-order valence-corrected chi connectivity index (χ0v) is 16.1. The lowest BCUT2D eigenvalue weighted by molar-refractivity contribution is -0.123. The lowest BCUT2D eigenvalue weighted by atomic mass is 10.1. The molecule has 1 aromatic carbocycles. The number of amides is 2. The summed E-state index contributed by atoms with van der Waals surface area (Å²) in [5.41, 5.74) is 1.02. The van der Waals surface area contributed by atoms with Gasteiger partial charge in [-0.3, -0.25) is 9.59 Å². The van der Waals surface area contributed by atoms with Crippen LogP contribution in [0.3, 0.4) is 0 Å². The molecule has 1 atom stereocenters. The highest BCUT2D eigenvalue weighted by molar-refractivity contribution is 7.18. The van der Waals surface area contributed by atoms with E-state index in [0.717, 1.165) is 15.2 Å². The minimum absolute atomic E-state index is 0.0938. The molecule has 0 aliphatic carbocycles. The van der Waals surface area contributed by atoms with E-state index in [1.165, 1.54) is 6.26 Å². The lowest BCUT2D eigenvalue weighted by Gasteiger charge is -2.09. The van der Waals surface area contributed by atoms with E-state index >= 15 is 0 Å². The van der Waals surface area contributed by atoms with E-state index in [1.807, 2.05) is 25.1 Å². The average Bonchev–Trinajstić information content (AvgIpc) is 3.28. The van der Waals surface area contributed by atoms with Crippen molar-refractivity contribution in [2.24, 2.45) is 5.92 Å². The molecule has 2 N–H and O–H groups in total. The predicted octanol–water partition coefficient (Wildman–Crippen LogP) is 2.28. The van der Waals surface area contributed by atoms with Crippen LogP contribution in [-0.4, -0.2) is 35.4 Å². The fourth-order valence-corrected chi connectivity index (χ4v) is 3.22. The van der Waals surface area contributed by atoms with E-state index < -0.39 is 5.91 Å². The van der Waals surface area contributed by atoms with Gasteiger partial charge in [0.05, 0.1) is 21.1 Å². The number of aromatic nitrogens is 2. The molecule has 2 heterocycles. The molecular weight excluding hydrogens is 368 g/mol. The molecule has 0 aliphatic rings. The Morgan fingerprint density at radius 2 is 2.15 bits per heavy atom. The molecule has 9 heteroatoms. The van der Waals surface area contributed by atoms with Crippen molar-refractivity contribution in [2.75, 3.05) is 13.6 Å². The van der Waals surface area contributed by atoms with Gasteiger partial charge in [-0.15, -0.1) is 11.3 Å². The standard InChI is InChI=1S/C18H20N4O4S/c1-10(17(23)19-3)7-20-18(24)14-8-26-16(22-14)9-25-12-4-5-15-13(6-12)21-11(2)27-15/h4-6,8,10H,7,9H2,1-3H3,(H,19,23)(H,20,24)/t10-/m1/s1. The number of carbonyl (C=O) groups excluding carboxylic acids is 2. The molecule has 0 bridgehead atoms. The van der Waals surface area contributed by atoms with Crippen LogP contribution in [-0.2, 0) is 11.4 Å². The van der Waals surface area contributed by atoms with Crippen molar-refractivity contribution < 1.29 is 18.7 Å². The first-order valence-electron chi connectivity index (χ1n) is 8.40. The van der Waals surface area contributed by atoms with Gasteiger partial charge in [-0.05, 0) is 19.1 Å². The topological polar surface area (TPSA) is 106 Å². The van der Waals surface area contributed by atoms with Gasteiger partial charge in [-0.2, -0.15) is 0 Å². The second kappa shape index (κ2) is 8.17. The Morgan fingerprint density at radius 3 is 2.93 bits per heavy atom. The van der Waals surface area contributed by atoms with Gasteiger partial charge in [0.15, 0.2) is 12.3 Å². The molecule has 2 aromatic heterocycles. The Hall–Kier alpha value is -2.94. The normalized spacial score (nSPS) is 12.0. The first-order chi connectivity index (χ1) is 13.0. The molecule has 0 fully saturated rings. The highest BCUT2D eigenvalue weighted by Gasteiger charge is 2.16. The van der Waals surface area contributed by atoms with Crippen molar-refractivity contribution in [3.63, 3.8) is 0 Å². The summed E-state index contributed by atoms with van der Waals surface area (Å²) in [6, 6.07) is 5.67. The van der Waals surface area contributed by atoms with Crippen LogP contribution >= 0.6 is 11.3 Å². The molecule has 0 aliphatic heterocycles. The van der Waals surface area contributed by atoms with Crippen LogP contribution in [0.25, 0.3) is 10.2 Å². The Labute approximate surface area is 160 Å². The van der Waals surface area contributed by atoms with Crippen LogP contribution in [0.5, 0.6) is 5.75 Å². The summed E-state index contributed by atoms with van der Waals surface area (Å²) in [7, 11) is 1.55. The number of rotatable bonds is 7. The number of hydrogen-bond acceptors (Lipinski definition) is 7. The highest BCUT2D eigenvalue weighted by Crippen LogP contribution is 2.25. The van der Waals surface area contributed by atoms with Crippen molar-refractivity contribution in [1.82, 2.24) is 20.6 Å². The summed E-state index contributed by atoms with van der Waals surface area (Å²) in [5.74, 6) is 0.0559. The largest absolute Gasteiger partial charge is 0.484 e. The first kappa shape index (κ1) is 18.8. The van der Waals surface area contributed by atoms with Crippen molar-refractivity contribution in [2.45, 2.75) is 20.5 Å². The molecule has 3 rings (SSSR count). The van der Waals surface area contributed by atoms with Crippen LogP contribution in [0.15, 0.2) is 28.9 Å². The first-order valence-corrected chi connectivity index (χ1v) is 9.22. The molecule has 0 saturated carbocycles. The number of thiazole rings is 1. The summed E-state index contributed by atoms with van der Waals surface area (Å²) in [6.07, 6.45) is 1.27. The van der Waals surface area contributed by atoms with E-state index in [-0.39, 0.29) is 36.6 Å². The third kappa shape index (κ3) is 4.62. The van der Waals surface area contributed by atoms with Crippen molar-refractivity contribution in [1.29, 1.82) is 0 Å². The number of nitrogens with one attached hydrogen (secondary N) is 2. The van der Waals surface area contributed by atoms with Crippen LogP contribution in [0, 0.1) is 12.8 Å².